The highest BCUT2D eigenvalue weighted by Crippen LogP contribution is 2.44. The summed E-state index contributed by atoms with van der Waals surface area (Å²) >= 11 is 6.24. The van der Waals surface area contributed by atoms with Crippen LogP contribution in [0.1, 0.15) is 59.5 Å². The molecule has 0 radical (unpaired) electrons. The number of rotatable bonds is 7. The SMILES string of the molecule is Cc1c(C(=O)COc2ccc([C@@H]3OC[C@@H](c4cccc(Cl)c4)C[C@H]3C(C)C)cc2)c2ccccc2n1C. The summed E-state index contributed by atoms with van der Waals surface area (Å²) in [7, 11) is 1.99. The highest BCUT2D eigenvalue weighted by Gasteiger charge is 2.35. The molecule has 0 saturated carbocycles. The Morgan fingerprint density at radius 3 is 2.54 bits per heavy atom. The van der Waals surface area contributed by atoms with Gasteiger partial charge in [0.1, 0.15) is 5.75 Å². The van der Waals surface area contributed by atoms with Crippen LogP contribution in [0.3, 0.4) is 0 Å². The molecule has 0 amide bonds. The zero-order valence-electron chi connectivity index (χ0n) is 21.9. The summed E-state index contributed by atoms with van der Waals surface area (Å²) in [6, 6.07) is 24.2. The monoisotopic (exact) mass is 515 g/mol. The number of para-hydroxylation sites is 1. The molecule has 192 valence electrons. The van der Waals surface area contributed by atoms with Crippen LogP contribution in [0.25, 0.3) is 10.9 Å². The molecule has 3 aromatic carbocycles. The number of ether oxygens (including phenoxy) is 2. The fourth-order valence-corrected chi connectivity index (χ4v) is 5.87. The minimum atomic E-state index is -0.0130. The van der Waals surface area contributed by atoms with Crippen LogP contribution in [-0.4, -0.2) is 23.6 Å². The van der Waals surface area contributed by atoms with Crippen LogP contribution in [0, 0.1) is 18.8 Å². The molecular formula is C32H34ClNO3. The Hall–Kier alpha value is -3.08. The van der Waals surface area contributed by atoms with E-state index in [4.69, 9.17) is 21.1 Å². The van der Waals surface area contributed by atoms with Crippen molar-refractivity contribution in [1.82, 2.24) is 4.57 Å². The standard InChI is InChI=1S/C32H34ClNO3/c1-20(2)28-17-24(23-8-7-9-25(33)16-23)18-37-32(28)22-12-14-26(15-13-22)36-19-30(35)31-21(3)34(4)29-11-6-5-10-27(29)31/h5-16,20,24,28,32H,17-19H2,1-4H3/t24-,28-,32-/m0/s1. The molecule has 0 bridgehead atoms. The molecule has 1 aliphatic rings. The molecule has 4 nitrogen and oxygen atoms in total. The Morgan fingerprint density at radius 1 is 1.05 bits per heavy atom. The number of halogens is 1. The van der Waals surface area contributed by atoms with E-state index in [1.165, 1.54) is 5.56 Å². The van der Waals surface area contributed by atoms with Crippen LogP contribution in [0.2, 0.25) is 5.02 Å². The molecule has 5 rings (SSSR count). The molecule has 37 heavy (non-hydrogen) atoms. The predicted octanol–water partition coefficient (Wildman–Crippen LogP) is 7.92. The van der Waals surface area contributed by atoms with Crippen LogP contribution >= 0.6 is 11.6 Å². The van der Waals surface area contributed by atoms with E-state index in [2.05, 4.69) is 42.7 Å². The third kappa shape index (κ3) is 5.18. The Balaban J connectivity index is 1.26. The Labute approximate surface area is 224 Å². The molecule has 3 atom stereocenters. The molecule has 1 aromatic heterocycles. The molecule has 5 heteroatoms. The lowest BCUT2D eigenvalue weighted by atomic mass is 9.76. The normalized spacial score (nSPS) is 19.9. The van der Waals surface area contributed by atoms with Crippen LogP contribution in [0.4, 0.5) is 0 Å². The highest BCUT2D eigenvalue weighted by atomic mass is 35.5. The van der Waals surface area contributed by atoms with Gasteiger partial charge in [0.05, 0.1) is 12.7 Å². The highest BCUT2D eigenvalue weighted by molar-refractivity contribution is 6.30. The Bertz CT molecular complexity index is 1410. The first kappa shape index (κ1) is 25.6. The number of carbonyl (C=O) groups is 1. The van der Waals surface area contributed by atoms with Gasteiger partial charge in [0, 0.05) is 40.1 Å². The van der Waals surface area contributed by atoms with Gasteiger partial charge in [0.25, 0.3) is 0 Å². The maximum atomic E-state index is 13.1. The lowest BCUT2D eigenvalue weighted by molar-refractivity contribution is -0.0552. The minimum absolute atomic E-state index is 0.00402. The first-order chi connectivity index (χ1) is 17.8. The lowest BCUT2D eigenvalue weighted by Gasteiger charge is -2.39. The minimum Gasteiger partial charge on any atom is -0.485 e. The van der Waals surface area contributed by atoms with Gasteiger partial charge in [-0.05, 0) is 66.6 Å². The van der Waals surface area contributed by atoms with Gasteiger partial charge >= 0.3 is 0 Å². The number of hydrogen-bond donors (Lipinski definition) is 0. The summed E-state index contributed by atoms with van der Waals surface area (Å²) in [6.45, 7) is 7.18. The van der Waals surface area contributed by atoms with E-state index in [0.717, 1.165) is 39.2 Å². The summed E-state index contributed by atoms with van der Waals surface area (Å²) in [4.78, 5) is 13.1. The molecule has 1 saturated heterocycles. The Kier molecular flexibility index (Phi) is 7.41. The van der Waals surface area contributed by atoms with Gasteiger partial charge in [-0.1, -0.05) is 67.9 Å². The number of nitrogens with zero attached hydrogens (tertiary/aromatic N) is 1. The van der Waals surface area contributed by atoms with Crippen molar-refractivity contribution in [2.45, 2.75) is 39.2 Å². The predicted molar refractivity (Wildman–Crippen MR) is 150 cm³/mol. The van der Waals surface area contributed by atoms with Crippen molar-refractivity contribution < 1.29 is 14.3 Å². The first-order valence-corrected chi connectivity index (χ1v) is 13.4. The third-order valence-electron chi connectivity index (χ3n) is 7.86. The summed E-state index contributed by atoms with van der Waals surface area (Å²) in [5, 5.41) is 1.74. The summed E-state index contributed by atoms with van der Waals surface area (Å²) in [6.07, 6.45) is 1.09. The van der Waals surface area contributed by atoms with Crippen LogP contribution < -0.4 is 4.74 Å². The van der Waals surface area contributed by atoms with Gasteiger partial charge in [-0.3, -0.25) is 4.79 Å². The number of aryl methyl sites for hydroxylation is 1. The summed E-state index contributed by atoms with van der Waals surface area (Å²) in [5.74, 6) is 1.88. The van der Waals surface area contributed by atoms with Crippen molar-refractivity contribution in [1.29, 1.82) is 0 Å². The molecule has 0 N–H and O–H groups in total. The second-order valence-electron chi connectivity index (χ2n) is 10.5. The van der Waals surface area contributed by atoms with Crippen molar-refractivity contribution in [3.05, 3.63) is 100 Å². The Morgan fingerprint density at radius 2 is 1.81 bits per heavy atom. The largest absolute Gasteiger partial charge is 0.485 e. The average molecular weight is 516 g/mol. The number of fused-ring (bicyclic) bond motifs is 1. The maximum absolute atomic E-state index is 13.1. The first-order valence-electron chi connectivity index (χ1n) is 13.0. The number of ketones is 1. The molecule has 4 aromatic rings. The second kappa shape index (κ2) is 10.7. The quantitative estimate of drug-likeness (QED) is 0.235. The van der Waals surface area contributed by atoms with Gasteiger partial charge in [-0.25, -0.2) is 0 Å². The van der Waals surface area contributed by atoms with Crippen molar-refractivity contribution in [3.63, 3.8) is 0 Å². The molecule has 0 unspecified atom stereocenters. The van der Waals surface area contributed by atoms with Crippen LogP contribution in [0.15, 0.2) is 72.8 Å². The topological polar surface area (TPSA) is 40.5 Å². The van der Waals surface area contributed by atoms with Crippen molar-refractivity contribution >= 4 is 28.3 Å². The number of carbonyl (C=O) groups excluding carboxylic acids is 1. The zero-order chi connectivity index (χ0) is 26.1. The number of benzene rings is 3. The van der Waals surface area contributed by atoms with Gasteiger partial charge in [-0.15, -0.1) is 0 Å². The van der Waals surface area contributed by atoms with E-state index in [9.17, 15) is 4.79 Å². The number of Topliss-reactive ketones (excluding diaryl/α,β-unsaturated/α-hetero) is 1. The second-order valence-corrected chi connectivity index (χ2v) is 10.9. The van der Waals surface area contributed by atoms with Crippen molar-refractivity contribution in [3.8, 4) is 5.75 Å². The molecule has 2 heterocycles. The van der Waals surface area contributed by atoms with Crippen molar-refractivity contribution in [2.75, 3.05) is 13.2 Å². The van der Waals surface area contributed by atoms with Gasteiger partial charge in [-0.2, -0.15) is 0 Å². The van der Waals surface area contributed by atoms with Crippen molar-refractivity contribution in [2.24, 2.45) is 18.9 Å². The molecule has 1 aliphatic heterocycles. The fourth-order valence-electron chi connectivity index (χ4n) is 5.67. The molecule has 0 aliphatic carbocycles. The number of hydrogen-bond acceptors (Lipinski definition) is 3. The summed E-state index contributed by atoms with van der Waals surface area (Å²) in [5.41, 5.74) is 5.13. The van der Waals surface area contributed by atoms with E-state index in [-0.39, 0.29) is 18.5 Å². The van der Waals surface area contributed by atoms with Crippen LogP contribution in [-0.2, 0) is 11.8 Å². The van der Waals surface area contributed by atoms with Gasteiger partial charge < -0.3 is 14.0 Å². The summed E-state index contributed by atoms with van der Waals surface area (Å²) < 4.78 is 14.4. The fraction of sp³-hybridized carbons (Fsp3) is 0.344. The average Bonchev–Trinajstić information content (AvgIpc) is 3.17. The molecule has 1 fully saturated rings. The third-order valence-corrected chi connectivity index (χ3v) is 8.09. The van der Waals surface area contributed by atoms with Gasteiger partial charge in [0.2, 0.25) is 5.78 Å². The van der Waals surface area contributed by atoms with E-state index in [0.29, 0.717) is 30.1 Å². The lowest BCUT2D eigenvalue weighted by Crippen LogP contribution is -2.31. The zero-order valence-corrected chi connectivity index (χ0v) is 22.7. The number of aromatic nitrogens is 1. The van der Waals surface area contributed by atoms with Crippen LogP contribution in [0.5, 0.6) is 5.75 Å². The smallest absolute Gasteiger partial charge is 0.202 e. The van der Waals surface area contributed by atoms with Gasteiger partial charge in [0.15, 0.2) is 6.61 Å². The maximum Gasteiger partial charge on any atom is 0.202 e. The van der Waals surface area contributed by atoms with E-state index < -0.39 is 0 Å². The molecule has 0 spiro atoms. The van der Waals surface area contributed by atoms with E-state index in [1.807, 2.05) is 62.5 Å². The molecular weight excluding hydrogens is 482 g/mol. The van der Waals surface area contributed by atoms with E-state index >= 15 is 0 Å². The van der Waals surface area contributed by atoms with E-state index in [1.54, 1.807) is 0 Å².